The molecule has 6 nitrogen and oxygen atoms in total. The molecule has 1 aliphatic heterocycles. The van der Waals surface area contributed by atoms with Gasteiger partial charge in [-0.1, -0.05) is 6.92 Å². The molecule has 2 amide bonds. The minimum atomic E-state index is -0.352. The van der Waals surface area contributed by atoms with E-state index in [4.69, 9.17) is 0 Å². The Hall–Kier alpha value is -1.28. The first-order chi connectivity index (χ1) is 12.0. The average molecular weight is 367 g/mol. The standard InChI is InChI=1S/C18H30N4O2S/c1-4-25-17-7-5-15(6-8-17)19-18(24)22-11-9-21(10-12-22)14-16(23)13-20(2)3/h5-8,16,23H,4,9-14H2,1-3H3,(H,19,24)/t16-/m0/s1. The van der Waals surface area contributed by atoms with E-state index in [0.717, 1.165) is 24.5 Å². The molecule has 1 aliphatic rings. The molecule has 0 aromatic heterocycles. The zero-order valence-electron chi connectivity index (χ0n) is 15.4. The van der Waals surface area contributed by atoms with Crippen molar-refractivity contribution in [2.45, 2.75) is 17.9 Å². The smallest absolute Gasteiger partial charge is 0.321 e. The van der Waals surface area contributed by atoms with E-state index in [9.17, 15) is 9.90 Å². The second kappa shape index (κ2) is 10.0. The Morgan fingerprint density at radius 1 is 1.24 bits per heavy atom. The highest BCUT2D eigenvalue weighted by Gasteiger charge is 2.22. The monoisotopic (exact) mass is 366 g/mol. The maximum Gasteiger partial charge on any atom is 0.321 e. The van der Waals surface area contributed by atoms with Crippen molar-refractivity contribution in [3.05, 3.63) is 24.3 Å². The van der Waals surface area contributed by atoms with Crippen LogP contribution in [0.15, 0.2) is 29.2 Å². The van der Waals surface area contributed by atoms with Crippen molar-refractivity contribution >= 4 is 23.5 Å². The van der Waals surface area contributed by atoms with Gasteiger partial charge in [-0.2, -0.15) is 0 Å². The summed E-state index contributed by atoms with van der Waals surface area (Å²) in [4.78, 5) is 19.6. The minimum absolute atomic E-state index is 0.0515. The van der Waals surface area contributed by atoms with E-state index in [-0.39, 0.29) is 12.1 Å². The van der Waals surface area contributed by atoms with Crippen molar-refractivity contribution in [3.8, 4) is 0 Å². The zero-order chi connectivity index (χ0) is 18.2. The van der Waals surface area contributed by atoms with Crippen molar-refractivity contribution < 1.29 is 9.90 Å². The summed E-state index contributed by atoms with van der Waals surface area (Å²) in [5, 5.41) is 13.0. The zero-order valence-corrected chi connectivity index (χ0v) is 16.3. The molecule has 25 heavy (non-hydrogen) atoms. The van der Waals surface area contributed by atoms with E-state index in [1.807, 2.05) is 48.2 Å². The Morgan fingerprint density at radius 2 is 1.88 bits per heavy atom. The normalized spacial score (nSPS) is 16.9. The Labute approximate surface area is 155 Å². The maximum absolute atomic E-state index is 12.4. The summed E-state index contributed by atoms with van der Waals surface area (Å²) < 4.78 is 0. The van der Waals surface area contributed by atoms with Crippen LogP contribution >= 0.6 is 11.8 Å². The van der Waals surface area contributed by atoms with Crippen molar-refractivity contribution in [1.82, 2.24) is 14.7 Å². The van der Waals surface area contributed by atoms with E-state index in [1.165, 1.54) is 4.90 Å². The predicted molar refractivity (Wildman–Crippen MR) is 104 cm³/mol. The molecule has 2 rings (SSSR count). The number of thioether (sulfide) groups is 1. The van der Waals surface area contributed by atoms with Gasteiger partial charge in [-0.25, -0.2) is 4.79 Å². The molecule has 1 aromatic carbocycles. The lowest BCUT2D eigenvalue weighted by Gasteiger charge is -2.35. The third kappa shape index (κ3) is 6.86. The van der Waals surface area contributed by atoms with Crippen molar-refractivity contribution in [2.75, 3.05) is 64.4 Å². The Kier molecular flexibility index (Phi) is 8.02. The molecule has 0 radical (unpaired) electrons. The summed E-state index contributed by atoms with van der Waals surface area (Å²) >= 11 is 1.79. The second-order valence-corrected chi connectivity index (χ2v) is 7.93. The maximum atomic E-state index is 12.4. The summed E-state index contributed by atoms with van der Waals surface area (Å²) in [5.41, 5.74) is 0.828. The van der Waals surface area contributed by atoms with Crippen LogP contribution in [0.5, 0.6) is 0 Å². The van der Waals surface area contributed by atoms with Gasteiger partial charge in [0.2, 0.25) is 0 Å². The van der Waals surface area contributed by atoms with Gasteiger partial charge in [0.1, 0.15) is 0 Å². The molecule has 7 heteroatoms. The van der Waals surface area contributed by atoms with Gasteiger partial charge in [0.15, 0.2) is 0 Å². The molecule has 1 fully saturated rings. The highest BCUT2D eigenvalue weighted by molar-refractivity contribution is 7.99. The van der Waals surface area contributed by atoms with Gasteiger partial charge < -0.3 is 20.2 Å². The molecule has 0 saturated carbocycles. The molecule has 1 aromatic rings. The number of anilines is 1. The number of nitrogens with zero attached hydrogens (tertiary/aromatic N) is 3. The summed E-state index contributed by atoms with van der Waals surface area (Å²) in [6.07, 6.45) is -0.352. The Morgan fingerprint density at radius 3 is 2.44 bits per heavy atom. The molecule has 1 atom stereocenters. The summed E-state index contributed by atoms with van der Waals surface area (Å²) in [5.74, 6) is 1.04. The van der Waals surface area contributed by atoms with Crippen LogP contribution < -0.4 is 5.32 Å². The summed E-state index contributed by atoms with van der Waals surface area (Å²) in [6.45, 7) is 6.40. The van der Waals surface area contributed by atoms with Gasteiger partial charge in [-0.3, -0.25) is 4.90 Å². The van der Waals surface area contributed by atoms with Crippen LogP contribution in [0.2, 0.25) is 0 Å². The molecule has 140 valence electrons. The molecule has 0 spiro atoms. The van der Waals surface area contributed by atoms with E-state index in [1.54, 1.807) is 11.8 Å². The number of carbonyl (C=O) groups excluding carboxylic acids is 1. The predicted octanol–water partition coefficient (Wildman–Crippen LogP) is 1.87. The van der Waals surface area contributed by atoms with Gasteiger partial charge in [0.25, 0.3) is 0 Å². The van der Waals surface area contributed by atoms with Crippen molar-refractivity contribution in [1.29, 1.82) is 0 Å². The third-order valence-electron chi connectivity index (χ3n) is 4.12. The number of aliphatic hydroxyl groups is 1. The topological polar surface area (TPSA) is 59.1 Å². The first kappa shape index (κ1) is 20.0. The van der Waals surface area contributed by atoms with E-state index in [0.29, 0.717) is 26.2 Å². The van der Waals surface area contributed by atoms with Crippen LogP contribution in [0, 0.1) is 0 Å². The number of urea groups is 1. The highest BCUT2D eigenvalue weighted by atomic mass is 32.2. The summed E-state index contributed by atoms with van der Waals surface area (Å²) in [7, 11) is 3.91. The van der Waals surface area contributed by atoms with Crippen LogP contribution in [0.25, 0.3) is 0 Å². The minimum Gasteiger partial charge on any atom is -0.390 e. The van der Waals surface area contributed by atoms with Crippen LogP contribution in [0.3, 0.4) is 0 Å². The van der Waals surface area contributed by atoms with Gasteiger partial charge in [0.05, 0.1) is 6.10 Å². The molecule has 1 saturated heterocycles. The highest BCUT2D eigenvalue weighted by Crippen LogP contribution is 2.20. The van der Waals surface area contributed by atoms with E-state index < -0.39 is 0 Å². The number of β-amino-alcohol motifs (C(OH)–C–C–N with tert-alkyl or cyclic N) is 1. The second-order valence-electron chi connectivity index (χ2n) is 6.59. The number of piperazine rings is 1. The number of aliphatic hydroxyl groups excluding tert-OH is 1. The molecule has 0 aliphatic carbocycles. The number of likely N-dealkylation sites (N-methyl/N-ethyl adjacent to an activating group) is 1. The van der Waals surface area contributed by atoms with Crippen molar-refractivity contribution in [3.63, 3.8) is 0 Å². The molecule has 0 bridgehead atoms. The number of hydrogen-bond donors (Lipinski definition) is 2. The lowest BCUT2D eigenvalue weighted by atomic mass is 10.2. The quantitative estimate of drug-likeness (QED) is 0.722. The van der Waals surface area contributed by atoms with Gasteiger partial charge >= 0.3 is 6.03 Å². The molecule has 1 heterocycles. The van der Waals surface area contributed by atoms with Crippen LogP contribution in [0.4, 0.5) is 10.5 Å². The van der Waals surface area contributed by atoms with Crippen LogP contribution in [-0.4, -0.2) is 91.1 Å². The van der Waals surface area contributed by atoms with Crippen LogP contribution in [-0.2, 0) is 0 Å². The lowest BCUT2D eigenvalue weighted by molar-refractivity contribution is 0.0677. The number of carbonyl (C=O) groups is 1. The Bertz CT molecular complexity index is 530. The fraction of sp³-hybridized carbons (Fsp3) is 0.611. The average Bonchev–Trinajstić information content (AvgIpc) is 2.56. The largest absolute Gasteiger partial charge is 0.390 e. The molecular formula is C18H30N4O2S. The van der Waals surface area contributed by atoms with E-state index >= 15 is 0 Å². The Balaban J connectivity index is 1.75. The van der Waals surface area contributed by atoms with E-state index in [2.05, 4.69) is 17.1 Å². The summed E-state index contributed by atoms with van der Waals surface area (Å²) in [6, 6.07) is 7.92. The third-order valence-corrected chi connectivity index (χ3v) is 5.02. The number of hydrogen-bond acceptors (Lipinski definition) is 5. The van der Waals surface area contributed by atoms with Gasteiger partial charge in [0, 0.05) is 49.9 Å². The molecular weight excluding hydrogens is 336 g/mol. The number of benzene rings is 1. The fourth-order valence-electron chi connectivity index (χ4n) is 2.91. The number of nitrogens with one attached hydrogen (secondary N) is 1. The first-order valence-corrected chi connectivity index (χ1v) is 9.80. The first-order valence-electron chi connectivity index (χ1n) is 8.82. The van der Waals surface area contributed by atoms with Gasteiger partial charge in [-0.15, -0.1) is 11.8 Å². The van der Waals surface area contributed by atoms with Crippen molar-refractivity contribution in [2.24, 2.45) is 0 Å². The lowest BCUT2D eigenvalue weighted by Crippen LogP contribution is -2.52. The van der Waals surface area contributed by atoms with Crippen LogP contribution in [0.1, 0.15) is 6.92 Å². The molecule has 2 N–H and O–H groups in total. The SMILES string of the molecule is CCSc1ccc(NC(=O)N2CCN(C[C@@H](O)CN(C)C)CC2)cc1. The number of amides is 2. The number of rotatable bonds is 7. The molecule has 0 unspecified atom stereocenters. The fourth-order valence-corrected chi connectivity index (χ4v) is 3.58. The van der Waals surface area contributed by atoms with Gasteiger partial charge in [-0.05, 0) is 44.1 Å².